The van der Waals surface area contributed by atoms with Crippen molar-refractivity contribution < 1.29 is 35.5 Å². The summed E-state index contributed by atoms with van der Waals surface area (Å²) < 4.78 is 93.3. The fraction of sp³-hybridized carbons (Fsp3) is 0.458. The number of nitrogens with two attached hydrogens (primary N) is 1. The van der Waals surface area contributed by atoms with Crippen molar-refractivity contribution in [1.29, 1.82) is 0 Å². The molecule has 0 spiro atoms. The van der Waals surface area contributed by atoms with E-state index in [-0.39, 0.29) is 36.2 Å². The number of hydrogen-bond acceptors (Lipinski definition) is 3. The van der Waals surface area contributed by atoms with Crippen LogP contribution in [0.15, 0.2) is 42.5 Å². The maximum absolute atomic E-state index is 13.5. The van der Waals surface area contributed by atoms with E-state index in [1.54, 1.807) is 24.1 Å². The summed E-state index contributed by atoms with van der Waals surface area (Å²) >= 11 is 0. The van der Waals surface area contributed by atoms with Gasteiger partial charge >= 0.3 is 12.4 Å². The Morgan fingerprint density at radius 1 is 1.03 bits per heavy atom. The molecule has 3 rings (SSSR count). The predicted octanol–water partition coefficient (Wildman–Crippen LogP) is 5.25. The maximum atomic E-state index is 13.5. The minimum Gasteiger partial charge on any atom is -0.369 e. The third-order valence-corrected chi connectivity index (χ3v) is 6.42. The van der Waals surface area contributed by atoms with Crippen molar-refractivity contribution in [2.75, 3.05) is 13.6 Å². The molecular formula is C24H26F7N3O. The van der Waals surface area contributed by atoms with Crippen LogP contribution >= 0.6 is 0 Å². The van der Waals surface area contributed by atoms with E-state index < -0.39 is 41.2 Å². The van der Waals surface area contributed by atoms with Gasteiger partial charge in [0.05, 0.1) is 17.7 Å². The van der Waals surface area contributed by atoms with Gasteiger partial charge < -0.3 is 11.1 Å². The topological polar surface area (TPSA) is 58.4 Å². The molecule has 0 saturated heterocycles. The van der Waals surface area contributed by atoms with E-state index in [9.17, 15) is 35.5 Å². The Kier molecular flexibility index (Phi) is 7.80. The van der Waals surface area contributed by atoms with Crippen molar-refractivity contribution >= 4 is 5.91 Å². The first kappa shape index (κ1) is 26.9. The van der Waals surface area contributed by atoms with Crippen molar-refractivity contribution in [3.05, 3.63) is 70.5 Å². The summed E-state index contributed by atoms with van der Waals surface area (Å²) in [6, 6.07) is 5.84. The van der Waals surface area contributed by atoms with Crippen LogP contribution in [0.3, 0.4) is 0 Å². The molecule has 3 N–H and O–H groups in total. The summed E-state index contributed by atoms with van der Waals surface area (Å²) in [5.41, 5.74) is 3.15. The van der Waals surface area contributed by atoms with Crippen LogP contribution in [-0.4, -0.2) is 36.5 Å². The molecule has 0 unspecified atom stereocenters. The number of benzene rings is 2. The first-order chi connectivity index (χ1) is 16.2. The summed E-state index contributed by atoms with van der Waals surface area (Å²) in [7, 11) is 1.71. The van der Waals surface area contributed by atoms with Crippen LogP contribution in [0.2, 0.25) is 0 Å². The summed E-state index contributed by atoms with van der Waals surface area (Å²) in [6.45, 7) is 1.46. The van der Waals surface area contributed by atoms with E-state index in [0.717, 1.165) is 5.56 Å². The molecule has 0 heterocycles. The monoisotopic (exact) mass is 505 g/mol. The fourth-order valence-electron chi connectivity index (χ4n) is 4.81. The number of hydrogen-bond donors (Lipinski definition) is 2. The molecule has 35 heavy (non-hydrogen) atoms. The van der Waals surface area contributed by atoms with Crippen LogP contribution in [0.25, 0.3) is 0 Å². The second kappa shape index (κ2) is 10.1. The van der Waals surface area contributed by atoms with Gasteiger partial charge in [-0.2, -0.15) is 26.3 Å². The molecule has 0 aliphatic heterocycles. The van der Waals surface area contributed by atoms with Crippen LogP contribution in [0.5, 0.6) is 0 Å². The Hall–Kier alpha value is -2.66. The van der Waals surface area contributed by atoms with Gasteiger partial charge in [-0.1, -0.05) is 12.1 Å². The summed E-state index contributed by atoms with van der Waals surface area (Å²) in [6.07, 6.45) is -8.76. The van der Waals surface area contributed by atoms with Gasteiger partial charge in [0.1, 0.15) is 5.82 Å². The zero-order valence-electron chi connectivity index (χ0n) is 19.1. The van der Waals surface area contributed by atoms with Crippen LogP contribution in [0.1, 0.15) is 54.0 Å². The lowest BCUT2D eigenvalue weighted by Crippen LogP contribution is -2.43. The van der Waals surface area contributed by atoms with Gasteiger partial charge in [0, 0.05) is 24.0 Å². The molecule has 11 heteroatoms. The lowest BCUT2D eigenvalue weighted by atomic mass is 9.89. The average Bonchev–Trinajstić information content (AvgIpc) is 3.16. The minimum absolute atomic E-state index is 0.0345. The van der Waals surface area contributed by atoms with Gasteiger partial charge in [0.25, 0.3) is 0 Å². The minimum atomic E-state index is -4.94. The van der Waals surface area contributed by atoms with E-state index in [1.807, 2.05) is 0 Å². The van der Waals surface area contributed by atoms with Crippen molar-refractivity contribution in [3.8, 4) is 0 Å². The summed E-state index contributed by atoms with van der Waals surface area (Å²) in [5.74, 6) is -1.30. The van der Waals surface area contributed by atoms with Gasteiger partial charge in [-0.25, -0.2) is 4.39 Å². The van der Waals surface area contributed by atoms with Crippen LogP contribution in [-0.2, 0) is 17.1 Å². The largest absolute Gasteiger partial charge is 0.416 e. The highest BCUT2D eigenvalue weighted by Gasteiger charge is 2.41. The maximum Gasteiger partial charge on any atom is 0.416 e. The number of nitrogens with one attached hydrogen (secondary N) is 1. The van der Waals surface area contributed by atoms with Gasteiger partial charge in [-0.05, 0) is 68.3 Å². The first-order valence-electron chi connectivity index (χ1n) is 11.0. The molecule has 0 radical (unpaired) electrons. The van der Waals surface area contributed by atoms with E-state index in [2.05, 4.69) is 5.32 Å². The number of nitrogens with zero attached hydrogens (tertiary/aromatic N) is 1. The number of carbonyl (C=O) groups excluding carboxylic acids is 1. The average molecular weight is 505 g/mol. The second-order valence-electron chi connectivity index (χ2n) is 8.94. The van der Waals surface area contributed by atoms with E-state index in [0.29, 0.717) is 25.0 Å². The molecule has 1 aliphatic carbocycles. The Bertz CT molecular complexity index is 1000. The van der Waals surface area contributed by atoms with Gasteiger partial charge in [-0.15, -0.1) is 0 Å². The summed E-state index contributed by atoms with van der Waals surface area (Å²) in [4.78, 5) is 13.2. The number of likely N-dealkylation sites (N-methyl/N-ethyl adjacent to an activating group) is 1. The molecule has 1 saturated carbocycles. The molecule has 4 atom stereocenters. The third kappa shape index (κ3) is 6.52. The molecule has 2 aromatic rings. The highest BCUT2D eigenvalue weighted by atomic mass is 19.4. The SMILES string of the molecule is C[C@@H](N[C@H]1CC[C@H](N(C)CC(N)=O)[C@H]1c1ccc(F)cc1)c1cc(C(F)(F)F)cc(C(F)(F)F)c1. The van der Waals surface area contributed by atoms with Gasteiger partial charge in [0.15, 0.2) is 0 Å². The van der Waals surface area contributed by atoms with E-state index in [4.69, 9.17) is 5.73 Å². The molecule has 192 valence electrons. The molecule has 1 fully saturated rings. The lowest BCUT2D eigenvalue weighted by molar-refractivity contribution is -0.143. The number of carbonyl (C=O) groups is 1. The predicted molar refractivity (Wildman–Crippen MR) is 116 cm³/mol. The number of primary amides is 1. The lowest BCUT2D eigenvalue weighted by Gasteiger charge is -2.33. The van der Waals surface area contributed by atoms with Crippen LogP contribution < -0.4 is 11.1 Å². The van der Waals surface area contributed by atoms with Crippen molar-refractivity contribution in [1.82, 2.24) is 10.2 Å². The normalized spacial score (nSPS) is 21.9. The summed E-state index contributed by atoms with van der Waals surface area (Å²) in [5, 5.41) is 3.18. The fourth-order valence-corrected chi connectivity index (χ4v) is 4.81. The molecular weight excluding hydrogens is 479 g/mol. The molecule has 2 aromatic carbocycles. The van der Waals surface area contributed by atoms with Crippen LogP contribution in [0.4, 0.5) is 30.7 Å². The van der Waals surface area contributed by atoms with Crippen LogP contribution in [0, 0.1) is 5.82 Å². The van der Waals surface area contributed by atoms with Crippen molar-refractivity contribution in [2.45, 2.75) is 56.2 Å². The molecule has 0 bridgehead atoms. The van der Waals surface area contributed by atoms with Gasteiger partial charge in [-0.3, -0.25) is 9.69 Å². The highest BCUT2D eigenvalue weighted by Crippen LogP contribution is 2.41. The molecule has 1 amide bonds. The Labute approximate surface area is 198 Å². The molecule has 4 nitrogen and oxygen atoms in total. The number of halogens is 7. The third-order valence-electron chi connectivity index (χ3n) is 6.42. The van der Waals surface area contributed by atoms with Crippen molar-refractivity contribution in [2.24, 2.45) is 5.73 Å². The second-order valence-corrected chi connectivity index (χ2v) is 8.94. The van der Waals surface area contributed by atoms with Crippen molar-refractivity contribution in [3.63, 3.8) is 0 Å². The van der Waals surface area contributed by atoms with Gasteiger partial charge in [0.2, 0.25) is 5.91 Å². The first-order valence-corrected chi connectivity index (χ1v) is 11.0. The number of amides is 1. The highest BCUT2D eigenvalue weighted by molar-refractivity contribution is 5.75. The Morgan fingerprint density at radius 3 is 2.06 bits per heavy atom. The smallest absolute Gasteiger partial charge is 0.369 e. The standard InChI is InChI=1S/C24H26F7N3O/c1-13(15-9-16(23(26,27)28)11-17(10-15)24(29,30)31)33-19-7-8-20(34(2)12-21(32)35)22(19)14-3-5-18(25)6-4-14/h3-6,9-11,13,19-20,22,33H,7-8,12H2,1-2H3,(H2,32,35)/t13-,19+,20+,22+/m1/s1. The zero-order chi connectivity index (χ0) is 26.1. The zero-order valence-corrected chi connectivity index (χ0v) is 19.1. The Morgan fingerprint density at radius 2 is 1.57 bits per heavy atom. The number of alkyl halides is 6. The molecule has 0 aromatic heterocycles. The quantitative estimate of drug-likeness (QED) is 0.506. The number of rotatable bonds is 7. The Balaban J connectivity index is 1.94. The van der Waals surface area contributed by atoms with E-state index in [1.165, 1.54) is 19.1 Å². The molecule has 1 aliphatic rings. The van der Waals surface area contributed by atoms with E-state index >= 15 is 0 Å².